The first-order valence-corrected chi connectivity index (χ1v) is 8.69. The van der Waals surface area contributed by atoms with Gasteiger partial charge in [-0.3, -0.25) is 0 Å². The van der Waals surface area contributed by atoms with Crippen molar-refractivity contribution >= 4 is 5.97 Å². The first kappa shape index (κ1) is 18.1. The summed E-state index contributed by atoms with van der Waals surface area (Å²) in [4.78, 5) is 12.5. The third kappa shape index (κ3) is 6.07. The number of esters is 1. The van der Waals surface area contributed by atoms with E-state index >= 15 is 0 Å². The number of hydrogen-bond acceptors (Lipinski definition) is 3. The average Bonchev–Trinajstić information content (AvgIpc) is 2.60. The van der Waals surface area contributed by atoms with Gasteiger partial charge < -0.3 is 9.47 Å². The molecule has 0 aliphatic carbocycles. The summed E-state index contributed by atoms with van der Waals surface area (Å²) in [6, 6.07) is 16.9. The molecule has 128 valence electrons. The largest absolute Gasteiger partial charge is 0.479 e. The molecule has 0 saturated heterocycles. The van der Waals surface area contributed by atoms with E-state index in [-0.39, 0.29) is 5.97 Å². The molecule has 3 heteroatoms. The molecule has 2 aromatic rings. The molecule has 0 aliphatic rings. The van der Waals surface area contributed by atoms with E-state index in [9.17, 15) is 4.79 Å². The van der Waals surface area contributed by atoms with Gasteiger partial charge in [-0.25, -0.2) is 4.79 Å². The zero-order valence-electron chi connectivity index (χ0n) is 14.5. The summed E-state index contributed by atoms with van der Waals surface area (Å²) in [7, 11) is 0. The van der Waals surface area contributed by atoms with Crippen molar-refractivity contribution in [2.24, 2.45) is 0 Å². The Hall–Kier alpha value is -2.29. The minimum absolute atomic E-state index is 0.335. The summed E-state index contributed by atoms with van der Waals surface area (Å²) in [5.41, 5.74) is 1.16. The second-order valence-corrected chi connectivity index (χ2v) is 6.00. The van der Waals surface area contributed by atoms with Crippen LogP contribution in [0.1, 0.15) is 44.6 Å². The van der Waals surface area contributed by atoms with Crippen molar-refractivity contribution in [1.82, 2.24) is 0 Å². The molecule has 0 radical (unpaired) electrons. The fourth-order valence-electron chi connectivity index (χ4n) is 2.43. The molecule has 24 heavy (non-hydrogen) atoms. The van der Waals surface area contributed by atoms with Crippen LogP contribution in [0.5, 0.6) is 11.5 Å². The SMILES string of the molecule is CCCCCCC(Oc1ccc(C)cc1)C(=O)Oc1ccccc1. The van der Waals surface area contributed by atoms with Crippen LogP contribution in [0.25, 0.3) is 0 Å². The van der Waals surface area contributed by atoms with Gasteiger partial charge in [-0.2, -0.15) is 0 Å². The lowest BCUT2D eigenvalue weighted by Gasteiger charge is -2.18. The third-order valence-corrected chi connectivity index (χ3v) is 3.84. The molecule has 0 heterocycles. The summed E-state index contributed by atoms with van der Waals surface area (Å²) < 4.78 is 11.4. The summed E-state index contributed by atoms with van der Waals surface area (Å²) in [5, 5.41) is 0. The standard InChI is InChI=1S/C21H26O3/c1-3-4-5-9-12-20(23-19-15-13-17(2)14-16-19)21(22)24-18-10-7-6-8-11-18/h6-8,10-11,13-16,20H,3-5,9,12H2,1-2H3. The summed E-state index contributed by atoms with van der Waals surface area (Å²) in [5.74, 6) is 0.915. The van der Waals surface area contributed by atoms with Gasteiger partial charge in [0, 0.05) is 0 Å². The molecule has 1 atom stereocenters. The Labute approximate surface area is 144 Å². The number of unbranched alkanes of at least 4 members (excludes halogenated alkanes) is 3. The molecule has 0 spiro atoms. The maximum Gasteiger partial charge on any atom is 0.352 e. The number of para-hydroxylation sites is 1. The molecule has 0 aliphatic heterocycles. The molecule has 2 rings (SSSR count). The van der Waals surface area contributed by atoms with Gasteiger partial charge in [0.15, 0.2) is 6.10 Å². The van der Waals surface area contributed by atoms with Gasteiger partial charge in [0.2, 0.25) is 0 Å². The molecule has 2 aromatic carbocycles. The second-order valence-electron chi connectivity index (χ2n) is 6.00. The van der Waals surface area contributed by atoms with Crippen LogP contribution >= 0.6 is 0 Å². The highest BCUT2D eigenvalue weighted by molar-refractivity contribution is 5.77. The zero-order chi connectivity index (χ0) is 17.2. The van der Waals surface area contributed by atoms with E-state index in [1.165, 1.54) is 6.42 Å². The summed E-state index contributed by atoms with van der Waals surface area (Å²) in [6.45, 7) is 4.19. The predicted octanol–water partition coefficient (Wildman–Crippen LogP) is 5.32. The van der Waals surface area contributed by atoms with Crippen LogP contribution in [-0.4, -0.2) is 12.1 Å². The fourth-order valence-corrected chi connectivity index (χ4v) is 2.43. The van der Waals surface area contributed by atoms with Crippen LogP contribution in [0.15, 0.2) is 54.6 Å². The zero-order valence-corrected chi connectivity index (χ0v) is 14.5. The highest BCUT2D eigenvalue weighted by Crippen LogP contribution is 2.19. The molecular weight excluding hydrogens is 300 g/mol. The van der Waals surface area contributed by atoms with E-state index in [4.69, 9.17) is 9.47 Å². The first-order chi connectivity index (χ1) is 11.7. The molecule has 0 aromatic heterocycles. The lowest BCUT2D eigenvalue weighted by atomic mass is 10.1. The van der Waals surface area contributed by atoms with E-state index in [0.717, 1.165) is 24.8 Å². The number of benzene rings is 2. The minimum Gasteiger partial charge on any atom is -0.479 e. The lowest BCUT2D eigenvalue weighted by molar-refractivity contribution is -0.142. The summed E-state index contributed by atoms with van der Waals surface area (Å²) >= 11 is 0. The van der Waals surface area contributed by atoms with Crippen molar-refractivity contribution in [1.29, 1.82) is 0 Å². The summed E-state index contributed by atoms with van der Waals surface area (Å²) in [6.07, 6.45) is 4.48. The Balaban J connectivity index is 2.00. The normalized spacial score (nSPS) is 11.8. The van der Waals surface area contributed by atoms with Crippen LogP contribution in [-0.2, 0) is 4.79 Å². The molecule has 0 amide bonds. The van der Waals surface area contributed by atoms with Crippen LogP contribution in [0.3, 0.4) is 0 Å². The molecule has 0 fully saturated rings. The Kier molecular flexibility index (Phi) is 7.34. The van der Waals surface area contributed by atoms with Crippen LogP contribution in [0, 0.1) is 6.92 Å². The molecule has 3 nitrogen and oxygen atoms in total. The number of rotatable bonds is 9. The average molecular weight is 326 g/mol. The van der Waals surface area contributed by atoms with Gasteiger partial charge in [-0.15, -0.1) is 0 Å². The number of hydrogen-bond donors (Lipinski definition) is 0. The van der Waals surface area contributed by atoms with Gasteiger partial charge >= 0.3 is 5.97 Å². The van der Waals surface area contributed by atoms with Gasteiger partial charge in [0.1, 0.15) is 11.5 Å². The molecule has 0 N–H and O–H groups in total. The van der Waals surface area contributed by atoms with E-state index in [2.05, 4.69) is 6.92 Å². The third-order valence-electron chi connectivity index (χ3n) is 3.84. The van der Waals surface area contributed by atoms with Crippen LogP contribution < -0.4 is 9.47 Å². The quantitative estimate of drug-likeness (QED) is 0.355. The van der Waals surface area contributed by atoms with Crippen molar-refractivity contribution in [2.75, 3.05) is 0 Å². The van der Waals surface area contributed by atoms with Crippen LogP contribution in [0.4, 0.5) is 0 Å². The number of carbonyl (C=O) groups excluding carboxylic acids is 1. The predicted molar refractivity (Wildman–Crippen MR) is 96.4 cm³/mol. The van der Waals surface area contributed by atoms with Crippen molar-refractivity contribution in [3.05, 3.63) is 60.2 Å². The van der Waals surface area contributed by atoms with E-state index < -0.39 is 6.10 Å². The van der Waals surface area contributed by atoms with Gasteiger partial charge in [0.25, 0.3) is 0 Å². The highest BCUT2D eigenvalue weighted by atomic mass is 16.6. The van der Waals surface area contributed by atoms with Crippen molar-refractivity contribution in [3.63, 3.8) is 0 Å². The smallest absolute Gasteiger partial charge is 0.352 e. The maximum atomic E-state index is 12.5. The minimum atomic E-state index is -0.579. The Bertz CT molecular complexity index is 605. The lowest BCUT2D eigenvalue weighted by Crippen LogP contribution is -2.31. The van der Waals surface area contributed by atoms with Gasteiger partial charge in [-0.1, -0.05) is 62.1 Å². The van der Waals surface area contributed by atoms with Crippen LogP contribution in [0.2, 0.25) is 0 Å². The highest BCUT2D eigenvalue weighted by Gasteiger charge is 2.22. The molecule has 0 bridgehead atoms. The molecule has 1 unspecified atom stereocenters. The second kappa shape index (κ2) is 9.76. The van der Waals surface area contributed by atoms with E-state index in [1.807, 2.05) is 49.4 Å². The number of aryl methyl sites for hydroxylation is 1. The number of ether oxygens (including phenoxy) is 2. The Morgan fingerprint density at radius 1 is 0.917 bits per heavy atom. The van der Waals surface area contributed by atoms with E-state index in [1.54, 1.807) is 12.1 Å². The van der Waals surface area contributed by atoms with Gasteiger partial charge in [0.05, 0.1) is 0 Å². The van der Waals surface area contributed by atoms with Gasteiger partial charge in [-0.05, 0) is 44.0 Å². The molecule has 0 saturated carbocycles. The Morgan fingerprint density at radius 3 is 2.29 bits per heavy atom. The maximum absolute atomic E-state index is 12.5. The topological polar surface area (TPSA) is 35.5 Å². The monoisotopic (exact) mass is 326 g/mol. The van der Waals surface area contributed by atoms with E-state index in [0.29, 0.717) is 17.9 Å². The van der Waals surface area contributed by atoms with Crippen molar-refractivity contribution in [3.8, 4) is 11.5 Å². The number of carbonyl (C=O) groups is 1. The fraction of sp³-hybridized carbons (Fsp3) is 0.381. The Morgan fingerprint density at radius 2 is 1.62 bits per heavy atom. The first-order valence-electron chi connectivity index (χ1n) is 8.69. The van der Waals surface area contributed by atoms with Crippen molar-refractivity contribution < 1.29 is 14.3 Å². The van der Waals surface area contributed by atoms with Crippen molar-refractivity contribution in [2.45, 2.75) is 52.1 Å². The molecular formula is C21H26O3.